The third-order valence-corrected chi connectivity index (χ3v) is 6.49. The van der Waals surface area contributed by atoms with Crippen LogP contribution < -0.4 is 10.6 Å². The normalized spacial score (nSPS) is 22.8. The monoisotopic (exact) mass is 366 g/mol. The van der Waals surface area contributed by atoms with Crippen molar-refractivity contribution < 1.29 is 4.79 Å². The number of carbonyl (C=O) groups excluding carboxylic acids is 1. The first-order chi connectivity index (χ1) is 11.0. The van der Waals surface area contributed by atoms with Crippen molar-refractivity contribution in [3.8, 4) is 0 Å². The molecule has 0 bridgehead atoms. The Hall–Kier alpha value is -1.23. The summed E-state index contributed by atoms with van der Waals surface area (Å²) >= 11 is 13.8. The molecule has 0 spiro atoms. The van der Waals surface area contributed by atoms with Gasteiger partial charge in [-0.05, 0) is 48.4 Å². The summed E-state index contributed by atoms with van der Waals surface area (Å²) in [5.41, 5.74) is 2.98. The van der Waals surface area contributed by atoms with Gasteiger partial charge in [-0.15, -0.1) is 11.3 Å². The van der Waals surface area contributed by atoms with Crippen molar-refractivity contribution in [3.63, 3.8) is 0 Å². The van der Waals surface area contributed by atoms with E-state index in [0.717, 1.165) is 35.4 Å². The molecule has 2 atom stereocenters. The number of hydrogen-bond donors (Lipinski definition) is 2. The smallest absolute Gasteiger partial charge is 0.256 e. The van der Waals surface area contributed by atoms with Crippen LogP contribution in [0.3, 0.4) is 0 Å². The highest BCUT2D eigenvalue weighted by molar-refractivity contribution is 7.16. The van der Waals surface area contributed by atoms with Crippen LogP contribution in [-0.2, 0) is 12.8 Å². The number of hydrogen-bond acceptors (Lipinski definition) is 3. The van der Waals surface area contributed by atoms with Crippen molar-refractivity contribution in [2.75, 3.05) is 5.32 Å². The number of nitrogens with one attached hydrogen (secondary N) is 2. The Labute approximate surface area is 149 Å². The fraction of sp³-hybridized carbons (Fsp3) is 0.353. The van der Waals surface area contributed by atoms with E-state index in [2.05, 4.69) is 17.6 Å². The van der Waals surface area contributed by atoms with E-state index >= 15 is 0 Å². The molecule has 2 unspecified atom stereocenters. The van der Waals surface area contributed by atoms with Crippen LogP contribution in [0, 0.1) is 5.92 Å². The maximum absolute atomic E-state index is 12.6. The predicted molar refractivity (Wildman–Crippen MR) is 95.8 cm³/mol. The number of amides is 1. The summed E-state index contributed by atoms with van der Waals surface area (Å²) in [7, 11) is 0. The molecule has 2 aliphatic rings. The molecule has 120 valence electrons. The van der Waals surface area contributed by atoms with Crippen molar-refractivity contribution in [2.45, 2.75) is 32.4 Å². The van der Waals surface area contributed by atoms with Crippen molar-refractivity contribution in [2.24, 2.45) is 5.92 Å². The lowest BCUT2D eigenvalue weighted by atomic mass is 9.88. The van der Waals surface area contributed by atoms with E-state index in [1.165, 1.54) is 10.4 Å². The van der Waals surface area contributed by atoms with Crippen molar-refractivity contribution in [3.05, 3.63) is 49.8 Å². The van der Waals surface area contributed by atoms with Crippen LogP contribution in [0.2, 0.25) is 10.0 Å². The Morgan fingerprint density at radius 2 is 2.04 bits per heavy atom. The summed E-state index contributed by atoms with van der Waals surface area (Å²) in [6.45, 7) is 2.27. The maximum Gasteiger partial charge on any atom is 0.256 e. The minimum atomic E-state index is -0.276. The van der Waals surface area contributed by atoms with E-state index in [9.17, 15) is 4.79 Å². The zero-order chi connectivity index (χ0) is 16.1. The number of anilines is 1. The standard InChI is InChI=1S/C17H16Cl2N2OS/c1-8-2-4-10-13(6-8)23-17-14(10)16(22)20-15(21-17)9-3-5-11(18)12(19)7-9/h3,5,7-8,15,21H,2,4,6H2,1H3,(H,20,22). The average Bonchev–Trinajstić information content (AvgIpc) is 2.87. The first-order valence-electron chi connectivity index (χ1n) is 7.70. The van der Waals surface area contributed by atoms with Gasteiger partial charge in [0.05, 0.1) is 15.6 Å². The Morgan fingerprint density at radius 3 is 2.83 bits per heavy atom. The lowest BCUT2D eigenvalue weighted by Gasteiger charge is -2.27. The zero-order valence-corrected chi connectivity index (χ0v) is 14.9. The molecule has 0 saturated heterocycles. The molecule has 1 amide bonds. The number of carbonyl (C=O) groups is 1. The largest absolute Gasteiger partial charge is 0.353 e. The SMILES string of the molecule is CC1CCc2c(sc3c2C(=O)NC(c2ccc(Cl)c(Cl)c2)N3)C1. The van der Waals surface area contributed by atoms with Gasteiger partial charge in [-0.1, -0.05) is 36.2 Å². The molecule has 3 nitrogen and oxygen atoms in total. The Balaban J connectivity index is 1.70. The quantitative estimate of drug-likeness (QED) is 0.742. The summed E-state index contributed by atoms with van der Waals surface area (Å²) in [5.74, 6) is 0.693. The van der Waals surface area contributed by atoms with E-state index < -0.39 is 0 Å². The molecular formula is C17H16Cl2N2OS. The van der Waals surface area contributed by atoms with E-state index in [1.807, 2.05) is 6.07 Å². The van der Waals surface area contributed by atoms with Gasteiger partial charge in [0.25, 0.3) is 5.91 Å². The summed E-state index contributed by atoms with van der Waals surface area (Å²) in [5, 5.41) is 8.46. The van der Waals surface area contributed by atoms with Gasteiger partial charge in [0.2, 0.25) is 0 Å². The third kappa shape index (κ3) is 2.63. The maximum atomic E-state index is 12.6. The van der Waals surface area contributed by atoms with Crippen molar-refractivity contribution in [1.82, 2.24) is 5.32 Å². The molecule has 1 aromatic heterocycles. The van der Waals surface area contributed by atoms with Gasteiger partial charge in [-0.2, -0.15) is 0 Å². The number of halogens is 2. The second-order valence-electron chi connectivity index (χ2n) is 6.28. The van der Waals surface area contributed by atoms with Crippen molar-refractivity contribution in [1.29, 1.82) is 0 Å². The van der Waals surface area contributed by atoms with E-state index in [4.69, 9.17) is 23.2 Å². The number of fused-ring (bicyclic) bond motifs is 3. The fourth-order valence-electron chi connectivity index (χ4n) is 3.32. The summed E-state index contributed by atoms with van der Waals surface area (Å²) in [4.78, 5) is 14.0. The molecule has 1 aliphatic carbocycles. The van der Waals surface area contributed by atoms with Crippen LogP contribution in [0.15, 0.2) is 18.2 Å². The highest BCUT2D eigenvalue weighted by Gasteiger charge is 2.33. The second-order valence-corrected chi connectivity index (χ2v) is 8.20. The number of thiophene rings is 1. The first-order valence-corrected chi connectivity index (χ1v) is 9.27. The van der Waals surface area contributed by atoms with Gasteiger partial charge < -0.3 is 10.6 Å². The topological polar surface area (TPSA) is 41.1 Å². The molecule has 2 N–H and O–H groups in total. The molecule has 0 radical (unpaired) electrons. The summed E-state index contributed by atoms with van der Waals surface area (Å²) < 4.78 is 0. The van der Waals surface area contributed by atoms with Gasteiger partial charge in [0.1, 0.15) is 11.2 Å². The van der Waals surface area contributed by atoms with Gasteiger partial charge >= 0.3 is 0 Å². The average molecular weight is 367 g/mol. The van der Waals surface area contributed by atoms with Crippen LogP contribution >= 0.6 is 34.5 Å². The Kier molecular flexibility index (Phi) is 3.79. The van der Waals surface area contributed by atoms with Crippen LogP contribution in [0.4, 0.5) is 5.00 Å². The molecule has 1 aromatic carbocycles. The Morgan fingerprint density at radius 1 is 1.22 bits per heavy atom. The van der Waals surface area contributed by atoms with Crippen LogP contribution in [0.1, 0.15) is 45.9 Å². The molecular weight excluding hydrogens is 351 g/mol. The fourth-order valence-corrected chi connectivity index (χ4v) is 5.06. The highest BCUT2D eigenvalue weighted by Crippen LogP contribution is 2.42. The zero-order valence-electron chi connectivity index (χ0n) is 12.6. The van der Waals surface area contributed by atoms with Gasteiger partial charge in [-0.25, -0.2) is 0 Å². The van der Waals surface area contributed by atoms with E-state index in [1.54, 1.807) is 23.5 Å². The summed E-state index contributed by atoms with van der Waals surface area (Å²) in [6, 6.07) is 5.43. The van der Waals surface area contributed by atoms with Crippen LogP contribution in [0.5, 0.6) is 0 Å². The highest BCUT2D eigenvalue weighted by atomic mass is 35.5. The second kappa shape index (κ2) is 5.69. The predicted octanol–water partition coefficient (Wildman–Crippen LogP) is 5.03. The lowest BCUT2D eigenvalue weighted by molar-refractivity contribution is 0.0935. The molecule has 2 heterocycles. The van der Waals surface area contributed by atoms with E-state index in [0.29, 0.717) is 16.0 Å². The molecule has 2 aromatic rings. The van der Waals surface area contributed by atoms with E-state index in [-0.39, 0.29) is 12.1 Å². The lowest BCUT2D eigenvalue weighted by Crippen LogP contribution is -2.38. The Bertz CT molecular complexity index is 802. The van der Waals surface area contributed by atoms with Gasteiger partial charge in [0.15, 0.2) is 0 Å². The molecule has 1 aliphatic heterocycles. The van der Waals surface area contributed by atoms with Gasteiger partial charge in [0, 0.05) is 4.88 Å². The van der Waals surface area contributed by atoms with Crippen LogP contribution in [-0.4, -0.2) is 5.91 Å². The minimum absolute atomic E-state index is 0.00174. The number of rotatable bonds is 1. The third-order valence-electron chi connectivity index (χ3n) is 4.57. The van der Waals surface area contributed by atoms with Crippen LogP contribution in [0.25, 0.3) is 0 Å². The molecule has 23 heavy (non-hydrogen) atoms. The van der Waals surface area contributed by atoms with Gasteiger partial charge in [-0.3, -0.25) is 4.79 Å². The first kappa shape index (κ1) is 15.3. The minimum Gasteiger partial charge on any atom is -0.353 e. The molecule has 0 fully saturated rings. The van der Waals surface area contributed by atoms with Crippen molar-refractivity contribution >= 4 is 45.4 Å². The molecule has 6 heteroatoms. The molecule has 0 saturated carbocycles. The summed E-state index contributed by atoms with van der Waals surface area (Å²) in [6.07, 6.45) is 2.94. The molecule has 4 rings (SSSR count). The number of benzene rings is 1.